The number of rotatable bonds is 7. The summed E-state index contributed by atoms with van der Waals surface area (Å²) in [6, 6.07) is 1.95. The molecule has 6 nitrogen and oxygen atoms in total. The fraction of sp³-hybridized carbons (Fsp3) is 0.429. The number of aromatic nitrogens is 1. The maximum atomic E-state index is 11.7. The van der Waals surface area contributed by atoms with Gasteiger partial charge in [0.1, 0.15) is 11.5 Å². The van der Waals surface area contributed by atoms with E-state index in [0.717, 1.165) is 22.8 Å². The van der Waals surface area contributed by atoms with E-state index in [1.165, 1.54) is 11.3 Å². The van der Waals surface area contributed by atoms with E-state index >= 15 is 0 Å². The smallest absolute Gasteiger partial charge is 0.240 e. The standard InChI is InChI=1S/C14H19N3O3S/c1-9-6-11(10(2)20-9)12-8-21-14(16-12)17-13(18)7-15-4-5-19-3/h6,8,15H,4-5,7H2,1-3H3,(H,16,17,18). The first-order chi connectivity index (χ1) is 10.1. The molecular formula is C14H19N3O3S. The molecule has 0 spiro atoms. The number of amides is 1. The van der Waals surface area contributed by atoms with Crippen LogP contribution in [0.4, 0.5) is 5.13 Å². The van der Waals surface area contributed by atoms with Crippen LogP contribution in [-0.2, 0) is 9.53 Å². The highest BCUT2D eigenvalue weighted by Crippen LogP contribution is 2.29. The van der Waals surface area contributed by atoms with Crippen LogP contribution < -0.4 is 10.6 Å². The number of carbonyl (C=O) groups is 1. The number of nitrogens with one attached hydrogen (secondary N) is 2. The van der Waals surface area contributed by atoms with Crippen molar-refractivity contribution in [3.8, 4) is 11.3 Å². The molecule has 0 aliphatic heterocycles. The number of anilines is 1. The van der Waals surface area contributed by atoms with E-state index in [1.54, 1.807) is 7.11 Å². The molecular weight excluding hydrogens is 290 g/mol. The van der Waals surface area contributed by atoms with Crippen molar-refractivity contribution in [2.75, 3.05) is 32.1 Å². The van der Waals surface area contributed by atoms with Gasteiger partial charge in [-0.2, -0.15) is 0 Å². The lowest BCUT2D eigenvalue weighted by atomic mass is 10.2. The lowest BCUT2D eigenvalue weighted by molar-refractivity contribution is -0.115. The first-order valence-electron chi connectivity index (χ1n) is 6.62. The molecule has 0 aliphatic rings. The van der Waals surface area contributed by atoms with Gasteiger partial charge in [0, 0.05) is 24.6 Å². The Balaban J connectivity index is 1.91. The predicted molar refractivity (Wildman–Crippen MR) is 82.7 cm³/mol. The van der Waals surface area contributed by atoms with Crippen molar-refractivity contribution in [3.63, 3.8) is 0 Å². The van der Waals surface area contributed by atoms with Gasteiger partial charge in [-0.15, -0.1) is 11.3 Å². The molecule has 114 valence electrons. The fourth-order valence-electron chi connectivity index (χ4n) is 1.88. The van der Waals surface area contributed by atoms with Crippen LogP contribution in [0.2, 0.25) is 0 Å². The molecule has 21 heavy (non-hydrogen) atoms. The van der Waals surface area contributed by atoms with E-state index < -0.39 is 0 Å². The zero-order chi connectivity index (χ0) is 15.2. The van der Waals surface area contributed by atoms with Gasteiger partial charge in [0.15, 0.2) is 5.13 Å². The molecule has 0 atom stereocenters. The summed E-state index contributed by atoms with van der Waals surface area (Å²) in [5.41, 5.74) is 1.78. The number of methoxy groups -OCH3 is 1. The predicted octanol–water partition coefficient (Wildman–Crippen LogP) is 2.19. The molecule has 2 rings (SSSR count). The number of hydrogen-bond acceptors (Lipinski definition) is 6. The van der Waals surface area contributed by atoms with Crippen molar-refractivity contribution in [2.45, 2.75) is 13.8 Å². The van der Waals surface area contributed by atoms with E-state index in [4.69, 9.17) is 9.15 Å². The summed E-state index contributed by atoms with van der Waals surface area (Å²) in [4.78, 5) is 16.1. The highest BCUT2D eigenvalue weighted by atomic mass is 32.1. The van der Waals surface area contributed by atoms with E-state index in [9.17, 15) is 4.79 Å². The molecule has 1 amide bonds. The molecule has 0 unspecified atom stereocenters. The summed E-state index contributed by atoms with van der Waals surface area (Å²) in [6.07, 6.45) is 0. The molecule has 2 heterocycles. The summed E-state index contributed by atoms with van der Waals surface area (Å²) in [6.45, 7) is 5.26. The number of carbonyl (C=O) groups excluding carboxylic acids is 1. The lowest BCUT2D eigenvalue weighted by Gasteiger charge is -2.03. The summed E-state index contributed by atoms with van der Waals surface area (Å²) >= 11 is 1.40. The van der Waals surface area contributed by atoms with Crippen LogP contribution in [0.3, 0.4) is 0 Å². The highest BCUT2D eigenvalue weighted by Gasteiger charge is 2.12. The Hall–Kier alpha value is -1.70. The van der Waals surface area contributed by atoms with Crippen molar-refractivity contribution in [1.29, 1.82) is 0 Å². The Kier molecular flexibility index (Phi) is 5.49. The SMILES string of the molecule is COCCNCC(=O)Nc1nc(-c2cc(C)oc2C)cs1. The van der Waals surface area contributed by atoms with Gasteiger partial charge in [-0.05, 0) is 19.9 Å². The van der Waals surface area contributed by atoms with Crippen LogP contribution in [-0.4, -0.2) is 37.7 Å². The van der Waals surface area contributed by atoms with Crippen LogP contribution in [0, 0.1) is 13.8 Å². The number of aryl methyl sites for hydroxylation is 2. The summed E-state index contributed by atoms with van der Waals surface area (Å²) in [5.74, 6) is 1.56. The second kappa shape index (κ2) is 7.35. The van der Waals surface area contributed by atoms with Crippen LogP contribution in [0.5, 0.6) is 0 Å². The molecule has 0 radical (unpaired) electrons. The third-order valence-electron chi connectivity index (χ3n) is 2.84. The first kappa shape index (κ1) is 15.7. The number of hydrogen-bond donors (Lipinski definition) is 2. The van der Waals surface area contributed by atoms with Crippen molar-refractivity contribution < 1.29 is 13.9 Å². The molecule has 0 saturated heterocycles. The summed E-state index contributed by atoms with van der Waals surface area (Å²) in [7, 11) is 1.62. The number of nitrogens with zero attached hydrogens (tertiary/aromatic N) is 1. The molecule has 2 aromatic rings. The van der Waals surface area contributed by atoms with Crippen LogP contribution in [0.25, 0.3) is 11.3 Å². The molecule has 2 aromatic heterocycles. The fourth-order valence-corrected chi connectivity index (χ4v) is 2.61. The molecule has 2 N–H and O–H groups in total. The van der Waals surface area contributed by atoms with Crippen molar-refractivity contribution in [3.05, 3.63) is 23.0 Å². The monoisotopic (exact) mass is 309 g/mol. The second-order valence-corrected chi connectivity index (χ2v) is 5.44. The third kappa shape index (κ3) is 4.38. The van der Waals surface area contributed by atoms with E-state index in [1.807, 2.05) is 25.3 Å². The lowest BCUT2D eigenvalue weighted by Crippen LogP contribution is -2.30. The summed E-state index contributed by atoms with van der Waals surface area (Å²) < 4.78 is 10.4. The van der Waals surface area contributed by atoms with Crippen molar-refractivity contribution in [1.82, 2.24) is 10.3 Å². The van der Waals surface area contributed by atoms with Gasteiger partial charge in [-0.25, -0.2) is 4.98 Å². The van der Waals surface area contributed by atoms with Crippen molar-refractivity contribution >= 4 is 22.4 Å². The Bertz CT molecular complexity index is 606. The molecule has 0 bridgehead atoms. The largest absolute Gasteiger partial charge is 0.466 e. The minimum absolute atomic E-state index is 0.118. The Labute approximate surface area is 127 Å². The van der Waals surface area contributed by atoms with Gasteiger partial charge in [0.2, 0.25) is 5.91 Å². The second-order valence-electron chi connectivity index (χ2n) is 4.58. The van der Waals surface area contributed by atoms with Crippen LogP contribution in [0.1, 0.15) is 11.5 Å². The number of furan rings is 1. The van der Waals surface area contributed by atoms with Gasteiger partial charge in [-0.1, -0.05) is 0 Å². The van der Waals surface area contributed by atoms with Crippen LogP contribution in [0.15, 0.2) is 15.9 Å². The first-order valence-corrected chi connectivity index (χ1v) is 7.50. The average molecular weight is 309 g/mol. The number of ether oxygens (including phenoxy) is 1. The Morgan fingerprint density at radius 1 is 1.48 bits per heavy atom. The Morgan fingerprint density at radius 3 is 2.95 bits per heavy atom. The number of thiazole rings is 1. The minimum atomic E-state index is -0.118. The van der Waals surface area contributed by atoms with Crippen molar-refractivity contribution in [2.24, 2.45) is 0 Å². The van der Waals surface area contributed by atoms with Gasteiger partial charge in [0.25, 0.3) is 0 Å². The van der Waals surface area contributed by atoms with Gasteiger partial charge in [-0.3, -0.25) is 4.79 Å². The molecule has 0 aliphatic carbocycles. The summed E-state index contributed by atoms with van der Waals surface area (Å²) in [5, 5.41) is 8.24. The van der Waals surface area contributed by atoms with Gasteiger partial charge < -0.3 is 19.8 Å². The van der Waals surface area contributed by atoms with Crippen LogP contribution >= 0.6 is 11.3 Å². The minimum Gasteiger partial charge on any atom is -0.466 e. The maximum absolute atomic E-state index is 11.7. The van der Waals surface area contributed by atoms with Gasteiger partial charge >= 0.3 is 0 Å². The van der Waals surface area contributed by atoms with E-state index in [0.29, 0.717) is 18.3 Å². The quantitative estimate of drug-likeness (QED) is 0.767. The molecule has 0 fully saturated rings. The van der Waals surface area contributed by atoms with E-state index in [2.05, 4.69) is 15.6 Å². The Morgan fingerprint density at radius 2 is 2.29 bits per heavy atom. The average Bonchev–Trinajstić information content (AvgIpc) is 3.01. The zero-order valence-electron chi connectivity index (χ0n) is 12.4. The molecule has 0 saturated carbocycles. The highest BCUT2D eigenvalue weighted by molar-refractivity contribution is 7.14. The third-order valence-corrected chi connectivity index (χ3v) is 3.59. The topological polar surface area (TPSA) is 76.4 Å². The maximum Gasteiger partial charge on any atom is 0.240 e. The van der Waals surface area contributed by atoms with Gasteiger partial charge in [0.05, 0.1) is 18.8 Å². The molecule has 7 heteroatoms. The zero-order valence-corrected chi connectivity index (χ0v) is 13.2. The van der Waals surface area contributed by atoms with E-state index in [-0.39, 0.29) is 12.5 Å². The molecule has 0 aromatic carbocycles. The normalized spacial score (nSPS) is 10.8.